The first-order chi connectivity index (χ1) is 12.2. The first-order valence-electron chi connectivity index (χ1n) is 8.44. The van der Waals surface area contributed by atoms with E-state index >= 15 is 0 Å². The van der Waals surface area contributed by atoms with Gasteiger partial charge in [0.1, 0.15) is 6.10 Å². The molecule has 4 rings (SSSR count). The highest BCUT2D eigenvalue weighted by molar-refractivity contribution is 5.79. The van der Waals surface area contributed by atoms with Crippen LogP contribution in [-0.2, 0) is 11.2 Å². The number of fused-ring (bicyclic) bond motifs is 1. The van der Waals surface area contributed by atoms with Crippen LogP contribution in [0.25, 0.3) is 0 Å². The molecule has 1 aromatic heterocycles. The van der Waals surface area contributed by atoms with Crippen LogP contribution in [0.2, 0.25) is 0 Å². The minimum atomic E-state index is -0.00463. The fourth-order valence-electron chi connectivity index (χ4n) is 3.14. The Morgan fingerprint density at radius 1 is 1.28 bits per heavy atom. The van der Waals surface area contributed by atoms with E-state index in [2.05, 4.69) is 4.98 Å². The summed E-state index contributed by atoms with van der Waals surface area (Å²) < 4.78 is 16.6. The van der Waals surface area contributed by atoms with E-state index in [-0.39, 0.29) is 18.8 Å². The molecule has 1 saturated heterocycles. The van der Waals surface area contributed by atoms with Gasteiger partial charge in [-0.3, -0.25) is 4.79 Å². The minimum absolute atomic E-state index is 0.00463. The van der Waals surface area contributed by atoms with E-state index < -0.39 is 0 Å². The number of ether oxygens (including phenoxy) is 3. The molecule has 0 saturated carbocycles. The number of carbonyl (C=O) groups is 1. The van der Waals surface area contributed by atoms with Crippen LogP contribution in [0.15, 0.2) is 36.4 Å². The summed E-state index contributed by atoms with van der Waals surface area (Å²) in [6.07, 6.45) is 1.17. The zero-order valence-corrected chi connectivity index (χ0v) is 14.1. The van der Waals surface area contributed by atoms with Crippen molar-refractivity contribution < 1.29 is 19.0 Å². The van der Waals surface area contributed by atoms with Crippen LogP contribution in [-0.4, -0.2) is 41.8 Å². The summed E-state index contributed by atoms with van der Waals surface area (Å²) in [5, 5.41) is 0. The number of aromatic nitrogens is 1. The number of benzene rings is 1. The van der Waals surface area contributed by atoms with Gasteiger partial charge in [0, 0.05) is 24.7 Å². The number of pyridine rings is 1. The van der Waals surface area contributed by atoms with Crippen molar-refractivity contribution in [1.29, 1.82) is 0 Å². The van der Waals surface area contributed by atoms with E-state index in [0.29, 0.717) is 31.1 Å². The van der Waals surface area contributed by atoms with Gasteiger partial charge in [-0.05, 0) is 30.7 Å². The van der Waals surface area contributed by atoms with Gasteiger partial charge in [-0.15, -0.1) is 0 Å². The standard InChI is InChI=1S/C19H20N2O4/c1-13-3-2-4-18(20-13)25-15-7-8-21(11-15)19(22)10-14-5-6-16-17(9-14)24-12-23-16/h2-6,9,15H,7-8,10-12H2,1H3. The Labute approximate surface area is 146 Å². The highest BCUT2D eigenvalue weighted by Crippen LogP contribution is 2.32. The molecule has 2 aliphatic heterocycles. The zero-order valence-electron chi connectivity index (χ0n) is 14.1. The number of hydrogen-bond acceptors (Lipinski definition) is 5. The predicted octanol–water partition coefficient (Wildman–Crippen LogP) is 2.34. The maximum Gasteiger partial charge on any atom is 0.231 e. The van der Waals surface area contributed by atoms with Crippen LogP contribution >= 0.6 is 0 Å². The maximum absolute atomic E-state index is 12.5. The lowest BCUT2D eigenvalue weighted by Crippen LogP contribution is -2.32. The Bertz CT molecular complexity index is 793. The fraction of sp³-hybridized carbons (Fsp3) is 0.368. The van der Waals surface area contributed by atoms with Crippen molar-refractivity contribution in [2.75, 3.05) is 19.9 Å². The summed E-state index contributed by atoms with van der Waals surface area (Å²) in [6.45, 7) is 3.48. The normalized spacial score (nSPS) is 18.4. The van der Waals surface area contributed by atoms with Crippen LogP contribution in [0.1, 0.15) is 17.7 Å². The van der Waals surface area contributed by atoms with Crippen LogP contribution < -0.4 is 14.2 Å². The number of likely N-dealkylation sites (tertiary alicyclic amines) is 1. The predicted molar refractivity (Wildman–Crippen MR) is 90.9 cm³/mol. The van der Waals surface area contributed by atoms with Crippen LogP contribution in [0.4, 0.5) is 0 Å². The van der Waals surface area contributed by atoms with Gasteiger partial charge >= 0.3 is 0 Å². The Balaban J connectivity index is 1.34. The smallest absolute Gasteiger partial charge is 0.231 e. The van der Waals surface area contributed by atoms with E-state index in [1.165, 1.54) is 0 Å². The lowest BCUT2D eigenvalue weighted by atomic mass is 10.1. The average Bonchev–Trinajstić information content (AvgIpc) is 3.23. The second-order valence-corrected chi connectivity index (χ2v) is 6.35. The molecule has 0 radical (unpaired) electrons. The SMILES string of the molecule is Cc1cccc(OC2CCN(C(=O)Cc3ccc4c(c3)OCO4)C2)n1. The number of rotatable bonds is 4. The van der Waals surface area contributed by atoms with Crippen LogP contribution in [0.3, 0.4) is 0 Å². The highest BCUT2D eigenvalue weighted by Gasteiger charge is 2.28. The van der Waals surface area contributed by atoms with Gasteiger partial charge in [0.05, 0.1) is 13.0 Å². The summed E-state index contributed by atoms with van der Waals surface area (Å²) in [6, 6.07) is 11.3. The molecule has 0 aliphatic carbocycles. The summed E-state index contributed by atoms with van der Waals surface area (Å²) in [7, 11) is 0. The first kappa shape index (κ1) is 15.7. The minimum Gasteiger partial charge on any atom is -0.472 e. The van der Waals surface area contributed by atoms with Crippen molar-refractivity contribution in [2.24, 2.45) is 0 Å². The van der Waals surface area contributed by atoms with E-state index in [0.717, 1.165) is 23.4 Å². The second kappa shape index (κ2) is 6.63. The Morgan fingerprint density at radius 3 is 3.04 bits per heavy atom. The van der Waals surface area contributed by atoms with Gasteiger partial charge in [-0.25, -0.2) is 4.98 Å². The molecule has 3 heterocycles. The molecule has 1 aromatic carbocycles. The molecule has 6 nitrogen and oxygen atoms in total. The van der Waals surface area contributed by atoms with Crippen molar-refractivity contribution in [1.82, 2.24) is 9.88 Å². The van der Waals surface area contributed by atoms with E-state index in [1.807, 2.05) is 48.2 Å². The largest absolute Gasteiger partial charge is 0.472 e. The van der Waals surface area contributed by atoms with E-state index in [1.54, 1.807) is 0 Å². The topological polar surface area (TPSA) is 60.9 Å². The van der Waals surface area contributed by atoms with Gasteiger partial charge in [-0.2, -0.15) is 0 Å². The molecule has 1 unspecified atom stereocenters. The zero-order chi connectivity index (χ0) is 17.2. The monoisotopic (exact) mass is 340 g/mol. The van der Waals surface area contributed by atoms with Gasteiger partial charge in [-0.1, -0.05) is 12.1 Å². The average molecular weight is 340 g/mol. The van der Waals surface area contributed by atoms with Crippen molar-refractivity contribution in [3.05, 3.63) is 47.7 Å². The molecule has 25 heavy (non-hydrogen) atoms. The maximum atomic E-state index is 12.5. The lowest BCUT2D eigenvalue weighted by molar-refractivity contribution is -0.129. The molecule has 2 aromatic rings. The fourth-order valence-corrected chi connectivity index (χ4v) is 3.14. The molecule has 1 fully saturated rings. The number of aryl methyl sites for hydroxylation is 1. The third-order valence-electron chi connectivity index (χ3n) is 4.44. The molecule has 0 N–H and O–H groups in total. The number of carbonyl (C=O) groups excluding carboxylic acids is 1. The van der Waals surface area contributed by atoms with Gasteiger partial charge in [0.15, 0.2) is 11.5 Å². The molecular formula is C19H20N2O4. The van der Waals surface area contributed by atoms with E-state index in [9.17, 15) is 4.79 Å². The van der Waals surface area contributed by atoms with Gasteiger partial charge in [0.2, 0.25) is 18.6 Å². The number of hydrogen-bond donors (Lipinski definition) is 0. The van der Waals surface area contributed by atoms with Gasteiger partial charge in [0.25, 0.3) is 0 Å². The highest BCUT2D eigenvalue weighted by atomic mass is 16.7. The molecule has 0 bridgehead atoms. The second-order valence-electron chi connectivity index (χ2n) is 6.35. The molecule has 6 heteroatoms. The van der Waals surface area contributed by atoms with E-state index in [4.69, 9.17) is 14.2 Å². The summed E-state index contributed by atoms with van der Waals surface area (Å²) in [5.41, 5.74) is 1.85. The quantitative estimate of drug-likeness (QED) is 0.855. The van der Waals surface area contributed by atoms with Crippen molar-refractivity contribution in [3.63, 3.8) is 0 Å². The molecule has 130 valence electrons. The molecule has 2 aliphatic rings. The first-order valence-corrected chi connectivity index (χ1v) is 8.44. The molecule has 0 spiro atoms. The Morgan fingerprint density at radius 2 is 2.16 bits per heavy atom. The third kappa shape index (κ3) is 3.52. The van der Waals surface area contributed by atoms with Crippen LogP contribution in [0.5, 0.6) is 17.4 Å². The Kier molecular flexibility index (Phi) is 4.17. The molecule has 1 atom stereocenters. The third-order valence-corrected chi connectivity index (χ3v) is 4.44. The summed E-state index contributed by atoms with van der Waals surface area (Å²) in [4.78, 5) is 18.8. The summed E-state index contributed by atoms with van der Waals surface area (Å²) in [5.74, 6) is 2.16. The van der Waals surface area contributed by atoms with Crippen LogP contribution in [0, 0.1) is 6.92 Å². The van der Waals surface area contributed by atoms with Crippen molar-refractivity contribution in [3.8, 4) is 17.4 Å². The number of amides is 1. The Hall–Kier alpha value is -2.76. The van der Waals surface area contributed by atoms with Crippen molar-refractivity contribution >= 4 is 5.91 Å². The van der Waals surface area contributed by atoms with Crippen molar-refractivity contribution in [2.45, 2.75) is 25.9 Å². The lowest BCUT2D eigenvalue weighted by Gasteiger charge is -2.17. The molecular weight excluding hydrogens is 320 g/mol. The summed E-state index contributed by atoms with van der Waals surface area (Å²) >= 11 is 0. The molecule has 1 amide bonds. The van der Waals surface area contributed by atoms with Gasteiger partial charge < -0.3 is 19.1 Å². The number of nitrogens with zero attached hydrogens (tertiary/aromatic N) is 2.